The van der Waals surface area contributed by atoms with E-state index in [0.29, 0.717) is 18.9 Å². The van der Waals surface area contributed by atoms with E-state index in [0.717, 1.165) is 0 Å². The average Bonchev–Trinajstić information content (AvgIpc) is 2.40. The van der Waals surface area contributed by atoms with Crippen LogP contribution in [0.3, 0.4) is 0 Å². The topological polar surface area (TPSA) is 65.0 Å². The van der Waals surface area contributed by atoms with E-state index in [1.54, 1.807) is 7.11 Å². The quantitative estimate of drug-likeness (QED) is 0.571. The lowest BCUT2D eigenvalue weighted by molar-refractivity contribution is -0.314. The van der Waals surface area contributed by atoms with Crippen molar-refractivity contribution in [2.45, 2.75) is 57.0 Å². The van der Waals surface area contributed by atoms with Gasteiger partial charge in [-0.15, -0.1) is 0 Å². The molecule has 0 spiro atoms. The SMILES string of the molecule is CCC1(C)OCC1(CO)OC(=O)CC[Si](C)(C)OC. The molecule has 0 bridgehead atoms. The Morgan fingerprint density at radius 3 is 2.47 bits per heavy atom. The van der Waals surface area contributed by atoms with Crippen LogP contribution in [0.1, 0.15) is 26.7 Å². The normalized spacial score (nSPS) is 30.8. The van der Waals surface area contributed by atoms with Crippen LogP contribution < -0.4 is 0 Å². The number of aliphatic hydroxyl groups excluding tert-OH is 1. The second kappa shape index (κ2) is 5.91. The highest BCUT2D eigenvalue weighted by atomic mass is 28.4. The first-order valence-electron chi connectivity index (χ1n) is 6.76. The van der Waals surface area contributed by atoms with Crippen LogP contribution in [0, 0.1) is 0 Å². The molecule has 1 heterocycles. The minimum atomic E-state index is -1.76. The molecule has 5 nitrogen and oxygen atoms in total. The van der Waals surface area contributed by atoms with Gasteiger partial charge in [0, 0.05) is 13.5 Å². The third-order valence-corrected chi connectivity index (χ3v) is 6.87. The molecule has 112 valence electrons. The van der Waals surface area contributed by atoms with Gasteiger partial charge >= 0.3 is 5.97 Å². The summed E-state index contributed by atoms with van der Waals surface area (Å²) < 4.78 is 16.4. The van der Waals surface area contributed by atoms with Crippen molar-refractivity contribution in [1.29, 1.82) is 0 Å². The monoisotopic (exact) mass is 290 g/mol. The fraction of sp³-hybridized carbons (Fsp3) is 0.923. The van der Waals surface area contributed by atoms with E-state index in [1.165, 1.54) is 0 Å². The molecule has 2 atom stereocenters. The second-order valence-electron chi connectivity index (χ2n) is 5.96. The summed E-state index contributed by atoms with van der Waals surface area (Å²) >= 11 is 0. The fourth-order valence-electron chi connectivity index (χ4n) is 2.06. The fourth-order valence-corrected chi connectivity index (χ4v) is 3.07. The zero-order chi connectivity index (χ0) is 14.7. The molecule has 6 heteroatoms. The molecule has 0 saturated carbocycles. The van der Waals surface area contributed by atoms with E-state index in [4.69, 9.17) is 13.9 Å². The molecule has 1 aliphatic rings. The van der Waals surface area contributed by atoms with Gasteiger partial charge in [-0.05, 0) is 32.5 Å². The first kappa shape index (κ1) is 16.6. The van der Waals surface area contributed by atoms with Gasteiger partial charge in [0.1, 0.15) is 5.60 Å². The first-order chi connectivity index (χ1) is 8.74. The molecule has 0 amide bonds. The van der Waals surface area contributed by atoms with E-state index in [9.17, 15) is 9.90 Å². The van der Waals surface area contributed by atoms with Gasteiger partial charge in [-0.2, -0.15) is 0 Å². The summed E-state index contributed by atoms with van der Waals surface area (Å²) in [6.45, 7) is 8.01. The number of carbonyl (C=O) groups excluding carboxylic acids is 1. The van der Waals surface area contributed by atoms with Crippen molar-refractivity contribution >= 4 is 14.3 Å². The Morgan fingerprint density at radius 1 is 1.47 bits per heavy atom. The van der Waals surface area contributed by atoms with Gasteiger partial charge in [-0.25, -0.2) is 0 Å². The number of carbonyl (C=O) groups is 1. The summed E-state index contributed by atoms with van der Waals surface area (Å²) in [6, 6.07) is 0.716. The molecule has 1 saturated heterocycles. The van der Waals surface area contributed by atoms with Crippen molar-refractivity contribution in [3.63, 3.8) is 0 Å². The van der Waals surface area contributed by atoms with Crippen LogP contribution in [0.4, 0.5) is 0 Å². The van der Waals surface area contributed by atoms with Crippen LogP contribution in [0.5, 0.6) is 0 Å². The molecule has 0 aromatic rings. The Morgan fingerprint density at radius 2 is 2.11 bits per heavy atom. The Hall–Kier alpha value is -0.433. The van der Waals surface area contributed by atoms with Crippen LogP contribution in [-0.2, 0) is 18.7 Å². The van der Waals surface area contributed by atoms with E-state index < -0.39 is 19.5 Å². The van der Waals surface area contributed by atoms with Gasteiger partial charge in [-0.1, -0.05) is 6.92 Å². The highest BCUT2D eigenvalue weighted by Gasteiger charge is 2.59. The molecule has 1 N–H and O–H groups in total. The molecule has 0 radical (unpaired) electrons. The van der Waals surface area contributed by atoms with Crippen molar-refractivity contribution < 1.29 is 23.8 Å². The van der Waals surface area contributed by atoms with E-state index in [-0.39, 0.29) is 19.2 Å². The zero-order valence-corrected chi connectivity index (χ0v) is 13.6. The molecule has 0 aromatic carbocycles. The lowest BCUT2D eigenvalue weighted by Gasteiger charge is -2.54. The smallest absolute Gasteiger partial charge is 0.306 e. The number of esters is 1. The summed E-state index contributed by atoms with van der Waals surface area (Å²) in [5.41, 5.74) is -1.46. The number of aliphatic hydroxyl groups is 1. The van der Waals surface area contributed by atoms with Gasteiger partial charge in [0.25, 0.3) is 0 Å². The number of hydrogen-bond donors (Lipinski definition) is 1. The molecule has 0 aromatic heterocycles. The zero-order valence-electron chi connectivity index (χ0n) is 12.6. The maximum Gasteiger partial charge on any atom is 0.306 e. The maximum atomic E-state index is 12.0. The van der Waals surface area contributed by atoms with Gasteiger partial charge < -0.3 is 19.0 Å². The molecule has 0 aliphatic carbocycles. The molecule has 1 fully saturated rings. The maximum absolute atomic E-state index is 12.0. The third-order valence-electron chi connectivity index (χ3n) is 4.31. The van der Waals surface area contributed by atoms with Crippen molar-refractivity contribution in [2.75, 3.05) is 20.3 Å². The average molecular weight is 290 g/mol. The van der Waals surface area contributed by atoms with Gasteiger partial charge in [0.05, 0.1) is 13.2 Å². The molecule has 1 aliphatic heterocycles. The highest BCUT2D eigenvalue weighted by Crippen LogP contribution is 2.42. The van der Waals surface area contributed by atoms with Crippen LogP contribution in [0.25, 0.3) is 0 Å². The molecular formula is C13H26O5Si. The number of ether oxygens (including phenoxy) is 2. The van der Waals surface area contributed by atoms with E-state index in [1.807, 2.05) is 13.8 Å². The van der Waals surface area contributed by atoms with E-state index >= 15 is 0 Å². The summed E-state index contributed by atoms with van der Waals surface area (Å²) in [5, 5.41) is 9.55. The third kappa shape index (κ3) is 3.37. The van der Waals surface area contributed by atoms with Crippen LogP contribution in [0.15, 0.2) is 0 Å². The van der Waals surface area contributed by atoms with Crippen LogP contribution in [-0.4, -0.2) is 50.9 Å². The van der Waals surface area contributed by atoms with Crippen LogP contribution >= 0.6 is 0 Å². The standard InChI is InChI=1S/C13H26O5Si/c1-6-12(2)13(9-14,10-17-12)18-11(15)7-8-19(4,5)16-3/h14H,6-10H2,1-5H3. The summed E-state index contributed by atoms with van der Waals surface area (Å²) in [4.78, 5) is 12.0. The predicted octanol–water partition coefficient (Wildman–Crippen LogP) is 1.70. The van der Waals surface area contributed by atoms with Crippen LogP contribution in [0.2, 0.25) is 19.1 Å². The molecule has 1 rings (SSSR count). The second-order valence-corrected chi connectivity index (χ2v) is 10.4. The Bertz CT molecular complexity index is 325. The molecular weight excluding hydrogens is 264 g/mol. The van der Waals surface area contributed by atoms with Crippen molar-refractivity contribution in [2.24, 2.45) is 0 Å². The van der Waals surface area contributed by atoms with E-state index in [2.05, 4.69) is 13.1 Å². The Kier molecular flexibility index (Phi) is 5.17. The minimum absolute atomic E-state index is 0.200. The van der Waals surface area contributed by atoms with Crippen molar-refractivity contribution in [3.8, 4) is 0 Å². The van der Waals surface area contributed by atoms with Gasteiger partial charge in [-0.3, -0.25) is 4.79 Å². The summed E-state index contributed by atoms with van der Waals surface area (Å²) in [7, 11) is -0.0751. The lowest BCUT2D eigenvalue weighted by Crippen LogP contribution is -2.70. The lowest BCUT2D eigenvalue weighted by atomic mass is 9.77. The molecule has 2 unspecified atom stereocenters. The van der Waals surface area contributed by atoms with Gasteiger partial charge in [0.15, 0.2) is 13.9 Å². The van der Waals surface area contributed by atoms with Crippen molar-refractivity contribution in [1.82, 2.24) is 0 Å². The number of hydrogen-bond acceptors (Lipinski definition) is 5. The first-order valence-corrected chi connectivity index (χ1v) is 9.87. The Balaban J connectivity index is 2.56. The largest absolute Gasteiger partial charge is 0.451 e. The molecule has 19 heavy (non-hydrogen) atoms. The highest BCUT2D eigenvalue weighted by molar-refractivity contribution is 6.71. The predicted molar refractivity (Wildman–Crippen MR) is 74.5 cm³/mol. The number of rotatable bonds is 7. The summed E-state index contributed by atoms with van der Waals surface area (Å²) in [6.07, 6.45) is 1.02. The van der Waals surface area contributed by atoms with Gasteiger partial charge in [0.2, 0.25) is 0 Å². The minimum Gasteiger partial charge on any atom is -0.451 e. The Labute approximate surface area is 116 Å². The summed E-state index contributed by atoms with van der Waals surface area (Å²) in [5.74, 6) is -0.283. The van der Waals surface area contributed by atoms with Crippen molar-refractivity contribution in [3.05, 3.63) is 0 Å².